The SMILES string of the molecule is CN1C(=O)CC(Sc2nnnn2CC(=O)O)C1=O. The van der Waals surface area contributed by atoms with Crippen molar-refractivity contribution in [2.45, 2.75) is 23.4 Å². The van der Waals surface area contributed by atoms with Gasteiger partial charge in [-0.05, 0) is 10.4 Å². The average molecular weight is 271 g/mol. The Morgan fingerprint density at radius 1 is 1.56 bits per heavy atom. The number of aliphatic carboxylic acids is 1. The number of carbonyl (C=O) groups is 3. The number of hydrogen-bond acceptors (Lipinski definition) is 7. The molecule has 1 aliphatic heterocycles. The molecule has 0 radical (unpaired) electrons. The van der Waals surface area contributed by atoms with Crippen molar-refractivity contribution in [2.75, 3.05) is 7.05 Å². The van der Waals surface area contributed by atoms with Gasteiger partial charge >= 0.3 is 5.97 Å². The van der Waals surface area contributed by atoms with Gasteiger partial charge in [-0.15, -0.1) is 5.10 Å². The molecule has 2 amide bonds. The van der Waals surface area contributed by atoms with Crippen LogP contribution in [0, 0.1) is 0 Å². The number of tetrazole rings is 1. The van der Waals surface area contributed by atoms with Crippen LogP contribution in [0.25, 0.3) is 0 Å². The van der Waals surface area contributed by atoms with Crippen molar-refractivity contribution in [1.82, 2.24) is 25.1 Å². The van der Waals surface area contributed by atoms with E-state index in [1.165, 1.54) is 7.05 Å². The monoisotopic (exact) mass is 271 g/mol. The van der Waals surface area contributed by atoms with Crippen molar-refractivity contribution < 1.29 is 19.5 Å². The van der Waals surface area contributed by atoms with Crippen LogP contribution in [0.4, 0.5) is 0 Å². The van der Waals surface area contributed by atoms with Crippen molar-refractivity contribution in [1.29, 1.82) is 0 Å². The smallest absolute Gasteiger partial charge is 0.325 e. The largest absolute Gasteiger partial charge is 0.480 e. The van der Waals surface area contributed by atoms with Gasteiger partial charge in [-0.3, -0.25) is 19.3 Å². The summed E-state index contributed by atoms with van der Waals surface area (Å²) >= 11 is 0.994. The Labute approximate surface area is 105 Å². The highest BCUT2D eigenvalue weighted by molar-refractivity contribution is 8.00. The number of hydrogen-bond donors (Lipinski definition) is 1. The Bertz CT molecular complexity index is 515. The fraction of sp³-hybridized carbons (Fsp3) is 0.500. The lowest BCUT2D eigenvalue weighted by Crippen LogP contribution is -2.26. The van der Waals surface area contributed by atoms with Gasteiger partial charge < -0.3 is 5.11 Å². The highest BCUT2D eigenvalue weighted by Gasteiger charge is 2.37. The first kappa shape index (κ1) is 12.5. The predicted molar refractivity (Wildman–Crippen MR) is 57.5 cm³/mol. The predicted octanol–water partition coefficient (Wildman–Crippen LogP) is -1.39. The molecule has 0 aliphatic carbocycles. The van der Waals surface area contributed by atoms with Crippen LogP contribution in [-0.2, 0) is 20.9 Å². The maximum Gasteiger partial charge on any atom is 0.325 e. The van der Waals surface area contributed by atoms with E-state index in [-0.39, 0.29) is 29.9 Å². The summed E-state index contributed by atoms with van der Waals surface area (Å²) in [6.45, 7) is -0.389. The van der Waals surface area contributed by atoms with E-state index in [1.807, 2.05) is 0 Å². The van der Waals surface area contributed by atoms with E-state index in [0.29, 0.717) is 0 Å². The fourth-order valence-corrected chi connectivity index (χ4v) is 2.49. The molecule has 0 aromatic carbocycles. The van der Waals surface area contributed by atoms with Gasteiger partial charge in [0.05, 0.1) is 0 Å². The van der Waals surface area contributed by atoms with Crippen molar-refractivity contribution in [2.24, 2.45) is 0 Å². The highest BCUT2D eigenvalue weighted by atomic mass is 32.2. The lowest BCUT2D eigenvalue weighted by atomic mass is 10.4. The van der Waals surface area contributed by atoms with Crippen LogP contribution >= 0.6 is 11.8 Å². The zero-order valence-electron chi connectivity index (χ0n) is 9.31. The Balaban J connectivity index is 2.11. The number of thioether (sulfide) groups is 1. The first-order chi connectivity index (χ1) is 8.49. The molecule has 1 aliphatic rings. The summed E-state index contributed by atoms with van der Waals surface area (Å²) in [7, 11) is 1.41. The quantitative estimate of drug-likeness (QED) is 0.665. The van der Waals surface area contributed by atoms with E-state index < -0.39 is 11.2 Å². The lowest BCUT2D eigenvalue weighted by molar-refractivity contribution is -0.138. The molecule has 2 heterocycles. The van der Waals surface area contributed by atoms with Crippen LogP contribution in [-0.4, -0.2) is 60.3 Å². The molecular formula is C8H9N5O4S. The van der Waals surface area contributed by atoms with E-state index in [0.717, 1.165) is 21.3 Å². The van der Waals surface area contributed by atoms with Gasteiger partial charge in [-0.25, -0.2) is 4.68 Å². The van der Waals surface area contributed by atoms with Gasteiger partial charge in [0.25, 0.3) is 0 Å². The number of likely N-dealkylation sites (tertiary alicyclic amines) is 1. The molecule has 1 saturated heterocycles. The molecule has 1 fully saturated rings. The summed E-state index contributed by atoms with van der Waals surface area (Å²) in [4.78, 5) is 34.6. The normalized spacial score (nSPS) is 19.6. The second-order valence-corrected chi connectivity index (χ2v) is 4.78. The van der Waals surface area contributed by atoms with Gasteiger partial charge in [-0.2, -0.15) is 0 Å². The van der Waals surface area contributed by atoms with Crippen LogP contribution in [0.15, 0.2) is 5.16 Å². The standard InChI is InChI=1S/C8H9N5O4S/c1-12-5(14)2-4(7(12)17)18-8-9-10-11-13(8)3-6(15)16/h4H,2-3H2,1H3,(H,15,16). The molecule has 0 saturated carbocycles. The maximum absolute atomic E-state index is 11.7. The van der Waals surface area contributed by atoms with Crippen LogP contribution in [0.5, 0.6) is 0 Å². The van der Waals surface area contributed by atoms with E-state index >= 15 is 0 Å². The zero-order chi connectivity index (χ0) is 13.3. The number of carboxylic acids is 1. The second kappa shape index (κ2) is 4.72. The summed E-state index contributed by atoms with van der Waals surface area (Å²) in [5.41, 5.74) is 0. The minimum atomic E-state index is -1.09. The van der Waals surface area contributed by atoms with Crippen molar-refractivity contribution in [3.05, 3.63) is 0 Å². The molecule has 1 aromatic rings. The number of carbonyl (C=O) groups excluding carboxylic acids is 2. The summed E-state index contributed by atoms with van der Waals surface area (Å²) in [6.07, 6.45) is 0.0694. The van der Waals surface area contributed by atoms with Gasteiger partial charge in [0.15, 0.2) is 0 Å². The summed E-state index contributed by atoms with van der Waals surface area (Å²) in [6, 6.07) is 0. The molecule has 2 rings (SSSR count). The van der Waals surface area contributed by atoms with Crippen molar-refractivity contribution in [3.8, 4) is 0 Å². The topological polar surface area (TPSA) is 118 Å². The van der Waals surface area contributed by atoms with E-state index in [9.17, 15) is 14.4 Å². The number of carboxylic acid groups (broad SMARTS) is 1. The summed E-state index contributed by atoms with van der Waals surface area (Å²) < 4.78 is 1.07. The first-order valence-electron chi connectivity index (χ1n) is 4.94. The fourth-order valence-electron chi connectivity index (χ4n) is 1.45. The summed E-state index contributed by atoms with van der Waals surface area (Å²) in [5.74, 6) is -1.68. The van der Waals surface area contributed by atoms with Crippen LogP contribution in [0.3, 0.4) is 0 Å². The molecule has 1 N–H and O–H groups in total. The third-order valence-corrected chi connectivity index (χ3v) is 3.53. The lowest BCUT2D eigenvalue weighted by Gasteiger charge is -2.07. The molecule has 1 atom stereocenters. The number of rotatable bonds is 4. The maximum atomic E-state index is 11.7. The Morgan fingerprint density at radius 2 is 2.28 bits per heavy atom. The Kier molecular flexibility index (Phi) is 3.28. The van der Waals surface area contributed by atoms with Crippen molar-refractivity contribution >= 4 is 29.5 Å². The average Bonchev–Trinajstić information content (AvgIpc) is 2.81. The van der Waals surface area contributed by atoms with Crippen LogP contribution < -0.4 is 0 Å². The molecule has 1 unspecified atom stereocenters. The van der Waals surface area contributed by atoms with Gasteiger partial charge in [0.1, 0.15) is 11.8 Å². The molecule has 18 heavy (non-hydrogen) atoms. The van der Waals surface area contributed by atoms with Crippen LogP contribution in [0.1, 0.15) is 6.42 Å². The van der Waals surface area contributed by atoms with Gasteiger partial charge in [-0.1, -0.05) is 11.8 Å². The molecule has 9 nitrogen and oxygen atoms in total. The number of imide groups is 1. The minimum Gasteiger partial charge on any atom is -0.480 e. The van der Waals surface area contributed by atoms with Gasteiger partial charge in [0, 0.05) is 13.5 Å². The zero-order valence-corrected chi connectivity index (χ0v) is 10.1. The minimum absolute atomic E-state index is 0.0694. The summed E-state index contributed by atoms with van der Waals surface area (Å²) in [5, 5.41) is 18.8. The first-order valence-corrected chi connectivity index (χ1v) is 5.82. The van der Waals surface area contributed by atoms with Crippen LogP contribution in [0.2, 0.25) is 0 Å². The third-order valence-electron chi connectivity index (χ3n) is 2.37. The van der Waals surface area contributed by atoms with E-state index in [2.05, 4.69) is 15.5 Å². The molecule has 10 heteroatoms. The van der Waals surface area contributed by atoms with Gasteiger partial charge in [0.2, 0.25) is 17.0 Å². The number of amides is 2. The highest BCUT2D eigenvalue weighted by Crippen LogP contribution is 2.28. The van der Waals surface area contributed by atoms with Crippen molar-refractivity contribution in [3.63, 3.8) is 0 Å². The second-order valence-electron chi connectivity index (χ2n) is 3.61. The third kappa shape index (κ3) is 2.32. The molecule has 96 valence electrons. The molecule has 0 bridgehead atoms. The molecule has 0 spiro atoms. The van der Waals surface area contributed by atoms with E-state index in [4.69, 9.17) is 5.11 Å². The van der Waals surface area contributed by atoms with E-state index in [1.54, 1.807) is 0 Å². The number of aromatic nitrogens is 4. The molecule has 1 aromatic heterocycles. The molecular weight excluding hydrogens is 262 g/mol. The number of nitrogens with zero attached hydrogens (tertiary/aromatic N) is 5. The Hall–Kier alpha value is -1.97. The Morgan fingerprint density at radius 3 is 2.83 bits per heavy atom.